The van der Waals surface area contributed by atoms with Crippen LogP contribution in [0.4, 0.5) is 0 Å². The maximum Gasteiger partial charge on any atom is 0.263 e. The fourth-order valence-corrected chi connectivity index (χ4v) is 1.12. The summed E-state index contributed by atoms with van der Waals surface area (Å²) in [6.45, 7) is 7.55. The van der Waals surface area contributed by atoms with Crippen molar-refractivity contribution in [1.82, 2.24) is 10.4 Å². The summed E-state index contributed by atoms with van der Waals surface area (Å²) in [7, 11) is 0. The van der Waals surface area contributed by atoms with Gasteiger partial charge in [0.05, 0.1) is 0 Å². The summed E-state index contributed by atoms with van der Waals surface area (Å²) in [5.41, 5.74) is 4.98. The molecule has 0 aromatic rings. The zero-order valence-electron chi connectivity index (χ0n) is 7.98. The lowest BCUT2D eigenvalue weighted by atomic mass is 10.1. The molecule has 0 radical (unpaired) electrons. The van der Waals surface area contributed by atoms with Crippen LogP contribution in [-0.4, -0.2) is 24.0 Å². The number of rotatable bonds is 1. The van der Waals surface area contributed by atoms with Gasteiger partial charge in [-0.05, 0) is 27.2 Å². The zero-order valence-corrected chi connectivity index (χ0v) is 7.98. The number of hydrazine groups is 1. The van der Waals surface area contributed by atoms with Crippen LogP contribution in [-0.2, 0) is 4.79 Å². The van der Waals surface area contributed by atoms with E-state index in [4.69, 9.17) is 0 Å². The fraction of sp³-hybridized carbons (Fsp3) is 0.667. The summed E-state index contributed by atoms with van der Waals surface area (Å²) in [6, 6.07) is 0. The maximum absolute atomic E-state index is 11.6. The van der Waals surface area contributed by atoms with Gasteiger partial charge in [-0.25, -0.2) is 5.43 Å². The van der Waals surface area contributed by atoms with E-state index in [-0.39, 0.29) is 5.91 Å². The Hall–Kier alpha value is -0.830. The number of carbonyl (C=O) groups is 1. The van der Waals surface area contributed by atoms with Gasteiger partial charge in [-0.2, -0.15) is 0 Å². The Morgan fingerprint density at radius 2 is 2.00 bits per heavy atom. The quantitative estimate of drug-likeness (QED) is 0.594. The predicted molar refractivity (Wildman–Crippen MR) is 48.4 cm³/mol. The lowest BCUT2D eigenvalue weighted by Gasteiger charge is -2.16. The van der Waals surface area contributed by atoms with Crippen LogP contribution in [0, 0.1) is 0 Å². The van der Waals surface area contributed by atoms with Crippen molar-refractivity contribution in [3.63, 3.8) is 0 Å². The summed E-state index contributed by atoms with van der Waals surface area (Å²) in [5, 5.41) is 1.70. The molecule has 0 atom stereocenters. The second kappa shape index (κ2) is 3.72. The van der Waals surface area contributed by atoms with Crippen LogP contribution in [0.25, 0.3) is 0 Å². The van der Waals surface area contributed by atoms with Crippen molar-refractivity contribution in [2.45, 2.75) is 27.2 Å². The van der Waals surface area contributed by atoms with Crippen LogP contribution in [0.1, 0.15) is 27.2 Å². The van der Waals surface area contributed by atoms with E-state index in [9.17, 15) is 4.79 Å². The molecule has 1 fully saturated rings. The zero-order chi connectivity index (χ0) is 9.14. The van der Waals surface area contributed by atoms with Crippen molar-refractivity contribution in [2.75, 3.05) is 13.1 Å². The first kappa shape index (κ1) is 9.26. The number of nitrogens with one attached hydrogen (secondary N) is 1. The molecule has 3 nitrogen and oxygen atoms in total. The highest BCUT2D eigenvalue weighted by Gasteiger charge is 2.18. The number of carbonyl (C=O) groups excluding carboxylic acids is 1. The van der Waals surface area contributed by atoms with Gasteiger partial charge < -0.3 is 0 Å². The van der Waals surface area contributed by atoms with E-state index in [1.807, 2.05) is 20.8 Å². The second-order valence-electron chi connectivity index (χ2n) is 3.34. The third-order valence-corrected chi connectivity index (χ3v) is 2.18. The van der Waals surface area contributed by atoms with Crippen LogP contribution in [0.15, 0.2) is 11.1 Å². The molecular formula is C9H16N2O. The molecule has 1 heterocycles. The monoisotopic (exact) mass is 168 g/mol. The molecule has 0 aromatic heterocycles. The molecule has 0 aliphatic carbocycles. The van der Waals surface area contributed by atoms with Crippen LogP contribution in [0.3, 0.4) is 0 Å². The van der Waals surface area contributed by atoms with E-state index in [1.54, 1.807) is 5.01 Å². The van der Waals surface area contributed by atoms with Crippen molar-refractivity contribution in [2.24, 2.45) is 0 Å². The molecular weight excluding hydrogens is 152 g/mol. The van der Waals surface area contributed by atoms with E-state index in [1.165, 1.54) is 0 Å². The van der Waals surface area contributed by atoms with Crippen molar-refractivity contribution in [3.8, 4) is 0 Å². The van der Waals surface area contributed by atoms with E-state index >= 15 is 0 Å². The van der Waals surface area contributed by atoms with Crippen molar-refractivity contribution in [3.05, 3.63) is 11.1 Å². The van der Waals surface area contributed by atoms with Gasteiger partial charge in [-0.1, -0.05) is 5.57 Å². The average Bonchev–Trinajstić information content (AvgIpc) is 2.53. The highest BCUT2D eigenvalue weighted by atomic mass is 16.2. The molecule has 1 aliphatic rings. The minimum atomic E-state index is 0.118. The van der Waals surface area contributed by atoms with Gasteiger partial charge in [0.25, 0.3) is 5.91 Å². The van der Waals surface area contributed by atoms with E-state index in [0.29, 0.717) is 0 Å². The third kappa shape index (κ3) is 1.85. The molecule has 1 aliphatic heterocycles. The molecule has 0 saturated carbocycles. The average molecular weight is 168 g/mol. The van der Waals surface area contributed by atoms with Crippen molar-refractivity contribution in [1.29, 1.82) is 0 Å². The highest BCUT2D eigenvalue weighted by molar-refractivity contribution is 5.93. The van der Waals surface area contributed by atoms with Gasteiger partial charge in [-0.3, -0.25) is 9.80 Å². The molecule has 1 amide bonds. The van der Waals surface area contributed by atoms with Crippen molar-refractivity contribution < 1.29 is 4.79 Å². The van der Waals surface area contributed by atoms with Gasteiger partial charge >= 0.3 is 0 Å². The van der Waals surface area contributed by atoms with Gasteiger partial charge in [0.15, 0.2) is 0 Å². The molecule has 0 bridgehead atoms. The first-order valence-corrected chi connectivity index (χ1v) is 4.32. The summed E-state index contributed by atoms with van der Waals surface area (Å²) in [5.74, 6) is 0.118. The van der Waals surface area contributed by atoms with Crippen LogP contribution >= 0.6 is 0 Å². The van der Waals surface area contributed by atoms with Gasteiger partial charge in [-0.15, -0.1) is 0 Å². The topological polar surface area (TPSA) is 32.3 Å². The van der Waals surface area contributed by atoms with Gasteiger partial charge in [0.1, 0.15) is 0 Å². The summed E-state index contributed by atoms with van der Waals surface area (Å²) >= 11 is 0. The Bertz CT molecular complexity index is 211. The maximum atomic E-state index is 11.6. The Labute approximate surface area is 73.4 Å². The lowest BCUT2D eigenvalue weighted by Crippen LogP contribution is -2.37. The number of amides is 1. The highest BCUT2D eigenvalue weighted by Crippen LogP contribution is 2.08. The van der Waals surface area contributed by atoms with Gasteiger partial charge in [0.2, 0.25) is 0 Å². The summed E-state index contributed by atoms with van der Waals surface area (Å²) in [6.07, 6.45) is 1.06. The number of hydrogen-bond donors (Lipinski definition) is 1. The fourth-order valence-electron chi connectivity index (χ4n) is 1.12. The smallest absolute Gasteiger partial charge is 0.263 e. The minimum Gasteiger partial charge on any atom is -0.274 e. The second-order valence-corrected chi connectivity index (χ2v) is 3.34. The van der Waals surface area contributed by atoms with E-state index in [2.05, 4.69) is 5.43 Å². The first-order valence-electron chi connectivity index (χ1n) is 4.32. The van der Waals surface area contributed by atoms with E-state index in [0.717, 1.165) is 30.7 Å². The molecule has 12 heavy (non-hydrogen) atoms. The number of hydrogen-bond acceptors (Lipinski definition) is 2. The summed E-state index contributed by atoms with van der Waals surface area (Å²) in [4.78, 5) is 11.6. The molecule has 1 N–H and O–H groups in total. The van der Waals surface area contributed by atoms with Crippen LogP contribution < -0.4 is 5.43 Å². The summed E-state index contributed by atoms with van der Waals surface area (Å²) < 4.78 is 0. The third-order valence-electron chi connectivity index (χ3n) is 2.18. The molecule has 1 rings (SSSR count). The number of nitrogens with zero attached hydrogens (tertiary/aromatic N) is 1. The molecule has 0 spiro atoms. The Kier molecular flexibility index (Phi) is 2.87. The molecule has 3 heteroatoms. The minimum absolute atomic E-state index is 0.118. The largest absolute Gasteiger partial charge is 0.274 e. The normalized spacial score (nSPS) is 16.4. The van der Waals surface area contributed by atoms with Crippen LogP contribution in [0.2, 0.25) is 0 Å². The molecule has 1 saturated heterocycles. The Morgan fingerprint density at radius 1 is 1.33 bits per heavy atom. The molecule has 68 valence electrons. The van der Waals surface area contributed by atoms with Gasteiger partial charge in [0, 0.05) is 18.7 Å². The SMILES string of the molecule is CC(C)=C(C)C(=O)N1CCCN1. The Balaban J connectivity index is 2.64. The predicted octanol–water partition coefficient (Wildman–Crippen LogP) is 1.08. The Morgan fingerprint density at radius 3 is 2.42 bits per heavy atom. The standard InChI is InChI=1S/C9H16N2O/c1-7(2)8(3)9(12)11-6-4-5-10-11/h10H,4-6H2,1-3H3. The lowest BCUT2D eigenvalue weighted by molar-refractivity contribution is -0.128. The van der Waals surface area contributed by atoms with E-state index < -0.39 is 0 Å². The molecule has 0 unspecified atom stereocenters. The van der Waals surface area contributed by atoms with Crippen molar-refractivity contribution >= 4 is 5.91 Å². The first-order chi connectivity index (χ1) is 5.63. The molecule has 0 aromatic carbocycles. The van der Waals surface area contributed by atoms with Crippen LogP contribution in [0.5, 0.6) is 0 Å². The number of allylic oxidation sites excluding steroid dienone is 1.